The number of hydrogen-bond acceptors (Lipinski definition) is 6. The van der Waals surface area contributed by atoms with Gasteiger partial charge in [0.05, 0.1) is 32.8 Å². The summed E-state index contributed by atoms with van der Waals surface area (Å²) < 4.78 is 10.7. The lowest BCUT2D eigenvalue weighted by Gasteiger charge is -2.27. The first-order chi connectivity index (χ1) is 15.2. The maximum absolute atomic E-state index is 11.0. The van der Waals surface area contributed by atoms with Crippen LogP contribution in [0.1, 0.15) is 23.2 Å². The summed E-state index contributed by atoms with van der Waals surface area (Å²) in [7, 11) is 3.27. The van der Waals surface area contributed by atoms with Crippen LogP contribution >= 0.6 is 0 Å². The van der Waals surface area contributed by atoms with Gasteiger partial charge in [0.15, 0.2) is 11.5 Å². The van der Waals surface area contributed by atoms with E-state index in [0.29, 0.717) is 17.9 Å². The molecule has 31 heavy (non-hydrogen) atoms. The number of benzene rings is 2. The zero-order chi connectivity index (χ0) is 21.6. The van der Waals surface area contributed by atoms with Crippen LogP contribution in [0.2, 0.25) is 0 Å². The summed E-state index contributed by atoms with van der Waals surface area (Å²) in [4.78, 5) is 11.8. The highest BCUT2D eigenvalue weighted by atomic mass is 16.5. The van der Waals surface area contributed by atoms with E-state index in [1.807, 2.05) is 24.4 Å². The predicted octanol–water partition coefficient (Wildman–Crippen LogP) is 3.20. The number of anilines is 1. The number of aromatic amines is 1. The molecule has 0 amide bonds. The Morgan fingerprint density at radius 3 is 2.71 bits per heavy atom. The van der Waals surface area contributed by atoms with E-state index in [1.165, 1.54) is 11.3 Å². The molecule has 1 aliphatic rings. The quantitative estimate of drug-likeness (QED) is 0.581. The molecule has 0 aliphatic carbocycles. The van der Waals surface area contributed by atoms with Crippen molar-refractivity contribution in [1.82, 2.24) is 14.9 Å². The molecule has 0 spiro atoms. The first-order valence-corrected chi connectivity index (χ1v) is 10.6. The number of aliphatic hydroxyl groups excluding tert-OH is 1. The van der Waals surface area contributed by atoms with Crippen LogP contribution in [0.4, 0.5) is 5.69 Å². The van der Waals surface area contributed by atoms with Crippen molar-refractivity contribution in [1.29, 1.82) is 0 Å². The number of para-hydroxylation sites is 1. The number of hydrogen-bond donors (Lipinski definition) is 2. The minimum Gasteiger partial charge on any atom is -0.493 e. The van der Waals surface area contributed by atoms with Crippen molar-refractivity contribution in [3.8, 4) is 11.5 Å². The smallest absolute Gasteiger partial charge is 0.160 e. The summed E-state index contributed by atoms with van der Waals surface area (Å²) in [5.41, 5.74) is 4.64. The second-order valence-corrected chi connectivity index (χ2v) is 7.81. The van der Waals surface area contributed by atoms with E-state index in [9.17, 15) is 5.11 Å². The third kappa shape index (κ3) is 5.00. The number of H-pyrrole nitrogens is 1. The van der Waals surface area contributed by atoms with Gasteiger partial charge in [-0.3, -0.25) is 4.90 Å². The average molecular weight is 423 g/mol. The number of nitrogens with one attached hydrogen (secondary N) is 1. The Morgan fingerprint density at radius 1 is 1.10 bits per heavy atom. The van der Waals surface area contributed by atoms with Crippen molar-refractivity contribution in [3.63, 3.8) is 0 Å². The Labute approximate surface area is 183 Å². The van der Waals surface area contributed by atoms with Gasteiger partial charge in [0.1, 0.15) is 6.23 Å². The van der Waals surface area contributed by atoms with Crippen molar-refractivity contribution < 1.29 is 14.6 Å². The van der Waals surface area contributed by atoms with Crippen LogP contribution in [0.15, 0.2) is 55.0 Å². The molecule has 0 radical (unpaired) electrons. The Bertz CT molecular complexity index is 977. The Balaban J connectivity index is 1.43. The van der Waals surface area contributed by atoms with Gasteiger partial charge in [0.25, 0.3) is 0 Å². The molecule has 7 nitrogen and oxygen atoms in total. The van der Waals surface area contributed by atoms with Gasteiger partial charge in [0, 0.05) is 31.5 Å². The molecule has 1 unspecified atom stereocenters. The predicted molar refractivity (Wildman–Crippen MR) is 120 cm³/mol. The normalized spacial score (nSPS) is 15.3. The Kier molecular flexibility index (Phi) is 6.74. The molecule has 0 saturated heterocycles. The second-order valence-electron chi connectivity index (χ2n) is 7.81. The first-order valence-electron chi connectivity index (χ1n) is 10.6. The first kappa shape index (κ1) is 21.2. The van der Waals surface area contributed by atoms with Crippen LogP contribution in [0.5, 0.6) is 11.5 Å². The maximum atomic E-state index is 11.0. The van der Waals surface area contributed by atoms with Crippen LogP contribution in [-0.4, -0.2) is 53.5 Å². The Morgan fingerprint density at radius 2 is 1.94 bits per heavy atom. The number of aryl methyl sites for hydroxylation is 1. The van der Waals surface area contributed by atoms with Crippen molar-refractivity contribution in [3.05, 3.63) is 71.8 Å². The molecule has 7 heteroatoms. The van der Waals surface area contributed by atoms with E-state index in [4.69, 9.17) is 9.47 Å². The lowest BCUT2D eigenvalue weighted by atomic mass is 10.1. The standard InChI is InChI=1S/C24H30N4O3/c1-30-22-9-7-18(13-23(22)31-2)8-10-24(29)28-12-11-27(16-20-14-25-17-26-20)21-6-4-3-5-19(21)15-28/h3-7,9,13-14,17,24,29H,8,10-12,15-16H2,1-2H3,(H,25,26). The third-order valence-electron chi connectivity index (χ3n) is 5.84. The fourth-order valence-corrected chi connectivity index (χ4v) is 4.13. The molecule has 0 bridgehead atoms. The van der Waals surface area contributed by atoms with Crippen molar-refractivity contribution >= 4 is 5.69 Å². The fourth-order valence-electron chi connectivity index (χ4n) is 4.13. The number of ether oxygens (including phenoxy) is 2. The van der Waals surface area contributed by atoms with E-state index in [0.717, 1.165) is 43.9 Å². The number of aromatic nitrogens is 2. The molecule has 2 N–H and O–H groups in total. The largest absolute Gasteiger partial charge is 0.493 e. The van der Waals surface area contributed by atoms with Crippen molar-refractivity contribution in [2.75, 3.05) is 32.2 Å². The van der Waals surface area contributed by atoms with Crippen LogP contribution in [0, 0.1) is 0 Å². The van der Waals surface area contributed by atoms with Gasteiger partial charge in [-0.25, -0.2) is 4.98 Å². The molecule has 3 aromatic rings. The second kappa shape index (κ2) is 9.85. The SMILES string of the molecule is COc1ccc(CCC(O)N2CCN(Cc3cnc[nH]3)c3ccccc3C2)cc1OC. The number of fused-ring (bicyclic) bond motifs is 1. The van der Waals surface area contributed by atoms with Crippen molar-refractivity contribution in [2.45, 2.75) is 32.2 Å². The molecule has 0 fully saturated rings. The number of nitrogens with zero attached hydrogens (tertiary/aromatic N) is 3. The van der Waals surface area contributed by atoms with Gasteiger partial charge >= 0.3 is 0 Å². The van der Waals surface area contributed by atoms with E-state index in [-0.39, 0.29) is 0 Å². The van der Waals surface area contributed by atoms with E-state index in [2.05, 4.69) is 44.0 Å². The van der Waals surface area contributed by atoms with E-state index in [1.54, 1.807) is 20.5 Å². The number of aliphatic hydroxyl groups is 1. The lowest BCUT2D eigenvalue weighted by Crippen LogP contribution is -2.38. The zero-order valence-corrected chi connectivity index (χ0v) is 18.1. The molecule has 1 aliphatic heterocycles. The highest BCUT2D eigenvalue weighted by molar-refractivity contribution is 5.54. The van der Waals surface area contributed by atoms with Crippen molar-refractivity contribution in [2.24, 2.45) is 0 Å². The highest BCUT2D eigenvalue weighted by Gasteiger charge is 2.24. The molecule has 4 rings (SSSR count). The molecular formula is C24H30N4O3. The van der Waals surface area contributed by atoms with E-state index < -0.39 is 6.23 Å². The topological polar surface area (TPSA) is 73.9 Å². The third-order valence-corrected chi connectivity index (χ3v) is 5.84. The zero-order valence-electron chi connectivity index (χ0n) is 18.1. The van der Waals surface area contributed by atoms with Gasteiger partial charge in [0.2, 0.25) is 0 Å². The van der Waals surface area contributed by atoms with Gasteiger partial charge in [-0.15, -0.1) is 0 Å². The highest BCUT2D eigenvalue weighted by Crippen LogP contribution is 2.29. The summed E-state index contributed by atoms with van der Waals surface area (Å²) in [5, 5.41) is 11.0. The average Bonchev–Trinajstić information content (AvgIpc) is 3.25. The number of imidazole rings is 1. The molecule has 2 aromatic carbocycles. The van der Waals surface area contributed by atoms with Gasteiger partial charge in [-0.2, -0.15) is 0 Å². The van der Waals surface area contributed by atoms with Crippen LogP contribution in [0.25, 0.3) is 0 Å². The Hall–Kier alpha value is -3.03. The summed E-state index contributed by atoms with van der Waals surface area (Å²) in [6.07, 6.45) is 4.47. The van der Waals surface area contributed by atoms with Gasteiger partial charge in [-0.05, 0) is 42.2 Å². The molecule has 164 valence electrons. The summed E-state index contributed by atoms with van der Waals surface area (Å²) >= 11 is 0. The lowest BCUT2D eigenvalue weighted by molar-refractivity contribution is -0.00472. The van der Waals surface area contributed by atoms with Gasteiger partial charge in [-0.1, -0.05) is 24.3 Å². The minimum absolute atomic E-state index is 0.520. The summed E-state index contributed by atoms with van der Waals surface area (Å²) in [5.74, 6) is 1.43. The minimum atomic E-state index is -0.520. The maximum Gasteiger partial charge on any atom is 0.160 e. The van der Waals surface area contributed by atoms with Crippen LogP contribution < -0.4 is 14.4 Å². The number of methoxy groups -OCH3 is 2. The summed E-state index contributed by atoms with van der Waals surface area (Å²) in [6.45, 7) is 3.12. The monoisotopic (exact) mass is 422 g/mol. The molecule has 2 heterocycles. The number of rotatable bonds is 8. The molecular weight excluding hydrogens is 392 g/mol. The van der Waals surface area contributed by atoms with E-state index >= 15 is 0 Å². The van der Waals surface area contributed by atoms with Crippen LogP contribution in [-0.2, 0) is 19.5 Å². The summed E-state index contributed by atoms with van der Waals surface area (Å²) in [6, 6.07) is 14.4. The molecule has 0 saturated carbocycles. The molecule has 1 atom stereocenters. The fraction of sp³-hybridized carbons (Fsp3) is 0.375. The van der Waals surface area contributed by atoms with Gasteiger partial charge < -0.3 is 24.5 Å². The molecule has 1 aromatic heterocycles. The van der Waals surface area contributed by atoms with Crippen LogP contribution in [0.3, 0.4) is 0 Å².